The van der Waals surface area contributed by atoms with Crippen LogP contribution in [0.25, 0.3) is 0 Å². The van der Waals surface area contributed by atoms with E-state index in [9.17, 15) is 4.79 Å². The van der Waals surface area contributed by atoms with E-state index in [1.165, 1.54) is 10.5 Å². The SMILES string of the molecule is Cc1ccc(C(C)C)c(OCC(=O)NC2CCSc3ccccc32)c1. The lowest BCUT2D eigenvalue weighted by molar-refractivity contribution is -0.123. The number of hydrogen-bond donors (Lipinski definition) is 1. The van der Waals surface area contributed by atoms with Gasteiger partial charge < -0.3 is 10.1 Å². The van der Waals surface area contributed by atoms with E-state index in [1.54, 1.807) is 0 Å². The largest absolute Gasteiger partial charge is 0.483 e. The fraction of sp³-hybridized carbons (Fsp3) is 0.381. The normalized spacial score (nSPS) is 16.4. The van der Waals surface area contributed by atoms with Gasteiger partial charge >= 0.3 is 0 Å². The van der Waals surface area contributed by atoms with E-state index in [2.05, 4.69) is 43.4 Å². The van der Waals surface area contributed by atoms with Crippen LogP contribution in [-0.4, -0.2) is 18.3 Å². The zero-order valence-corrected chi connectivity index (χ0v) is 15.9. The summed E-state index contributed by atoms with van der Waals surface area (Å²) in [5.41, 5.74) is 3.49. The van der Waals surface area contributed by atoms with Crippen molar-refractivity contribution < 1.29 is 9.53 Å². The van der Waals surface area contributed by atoms with Gasteiger partial charge in [-0.1, -0.05) is 44.2 Å². The highest BCUT2D eigenvalue weighted by atomic mass is 32.2. The Kier molecular flexibility index (Phi) is 5.69. The molecule has 1 N–H and O–H groups in total. The zero-order valence-electron chi connectivity index (χ0n) is 15.0. The van der Waals surface area contributed by atoms with E-state index >= 15 is 0 Å². The van der Waals surface area contributed by atoms with Crippen LogP contribution >= 0.6 is 11.8 Å². The summed E-state index contributed by atoms with van der Waals surface area (Å²) in [4.78, 5) is 13.7. The van der Waals surface area contributed by atoms with E-state index < -0.39 is 0 Å². The van der Waals surface area contributed by atoms with Crippen molar-refractivity contribution in [3.63, 3.8) is 0 Å². The van der Waals surface area contributed by atoms with Gasteiger partial charge in [0.05, 0.1) is 6.04 Å². The van der Waals surface area contributed by atoms with Crippen LogP contribution < -0.4 is 10.1 Å². The third-order valence-electron chi connectivity index (χ3n) is 4.44. The molecule has 0 fully saturated rings. The van der Waals surface area contributed by atoms with Crippen LogP contribution in [0.15, 0.2) is 47.4 Å². The molecule has 1 atom stereocenters. The molecule has 0 spiro atoms. The maximum atomic E-state index is 12.4. The first-order valence-corrected chi connectivity index (χ1v) is 9.77. The number of ether oxygens (including phenoxy) is 1. The van der Waals surface area contributed by atoms with Crippen molar-refractivity contribution in [2.24, 2.45) is 0 Å². The fourth-order valence-electron chi connectivity index (χ4n) is 3.11. The third kappa shape index (κ3) is 4.37. The molecule has 0 aliphatic carbocycles. The summed E-state index contributed by atoms with van der Waals surface area (Å²) < 4.78 is 5.85. The zero-order chi connectivity index (χ0) is 17.8. The van der Waals surface area contributed by atoms with Crippen LogP contribution in [0.3, 0.4) is 0 Å². The lowest BCUT2D eigenvalue weighted by atomic mass is 10.0. The van der Waals surface area contributed by atoms with Crippen LogP contribution in [0.4, 0.5) is 0 Å². The summed E-state index contributed by atoms with van der Waals surface area (Å²) in [6, 6.07) is 14.6. The number of aryl methyl sites for hydroxylation is 1. The molecule has 1 heterocycles. The Hall–Kier alpha value is -1.94. The lowest BCUT2D eigenvalue weighted by Gasteiger charge is -2.26. The first-order chi connectivity index (χ1) is 12.0. The van der Waals surface area contributed by atoms with Gasteiger partial charge in [-0.2, -0.15) is 0 Å². The predicted octanol–water partition coefficient (Wildman–Crippen LogP) is 4.85. The topological polar surface area (TPSA) is 38.3 Å². The van der Waals surface area contributed by atoms with Gasteiger partial charge in [-0.3, -0.25) is 4.79 Å². The summed E-state index contributed by atoms with van der Waals surface area (Å²) in [6.07, 6.45) is 0.953. The molecule has 132 valence electrons. The molecule has 0 aromatic heterocycles. The highest BCUT2D eigenvalue weighted by Crippen LogP contribution is 2.35. The quantitative estimate of drug-likeness (QED) is 0.833. The van der Waals surface area contributed by atoms with E-state index in [0.29, 0.717) is 5.92 Å². The molecule has 0 radical (unpaired) electrons. The molecule has 1 aliphatic heterocycles. The summed E-state index contributed by atoms with van der Waals surface area (Å²) in [7, 11) is 0. The van der Waals surface area contributed by atoms with E-state index in [0.717, 1.165) is 29.1 Å². The second-order valence-electron chi connectivity index (χ2n) is 6.78. The number of fused-ring (bicyclic) bond motifs is 1. The molecule has 1 unspecified atom stereocenters. The molecule has 2 aromatic rings. The van der Waals surface area contributed by atoms with Gasteiger partial charge in [-0.15, -0.1) is 11.8 Å². The average molecular weight is 356 g/mol. The first-order valence-electron chi connectivity index (χ1n) is 8.79. The monoisotopic (exact) mass is 355 g/mol. The van der Waals surface area contributed by atoms with Gasteiger partial charge in [0.2, 0.25) is 0 Å². The van der Waals surface area contributed by atoms with Crippen molar-refractivity contribution >= 4 is 17.7 Å². The number of thioether (sulfide) groups is 1. The molecule has 2 aromatic carbocycles. The second kappa shape index (κ2) is 7.96. The first kappa shape index (κ1) is 17.9. The predicted molar refractivity (Wildman–Crippen MR) is 103 cm³/mol. The van der Waals surface area contributed by atoms with Crippen molar-refractivity contribution in [2.75, 3.05) is 12.4 Å². The van der Waals surface area contributed by atoms with Crippen LogP contribution in [0.2, 0.25) is 0 Å². The van der Waals surface area contributed by atoms with Crippen molar-refractivity contribution in [1.82, 2.24) is 5.32 Å². The van der Waals surface area contributed by atoms with Crippen molar-refractivity contribution in [3.05, 3.63) is 59.2 Å². The molecule has 3 rings (SSSR count). The van der Waals surface area contributed by atoms with Gasteiger partial charge in [0.25, 0.3) is 5.91 Å². The molecule has 0 bridgehead atoms. The second-order valence-corrected chi connectivity index (χ2v) is 7.92. The van der Waals surface area contributed by atoms with E-state index in [-0.39, 0.29) is 18.6 Å². The standard InChI is InChI=1S/C21H25NO2S/c1-14(2)16-9-8-15(3)12-19(16)24-13-21(23)22-18-10-11-25-20-7-5-4-6-17(18)20/h4-9,12,14,18H,10-11,13H2,1-3H3,(H,22,23). The Bertz CT molecular complexity index is 757. The number of rotatable bonds is 5. The van der Waals surface area contributed by atoms with Crippen molar-refractivity contribution in [1.29, 1.82) is 0 Å². The Labute approximate surface area is 154 Å². The molecule has 1 aliphatic rings. The molecule has 0 saturated carbocycles. The van der Waals surface area contributed by atoms with E-state index in [4.69, 9.17) is 4.74 Å². The Morgan fingerprint density at radius 2 is 2.08 bits per heavy atom. The van der Waals surface area contributed by atoms with Crippen molar-refractivity contribution in [3.8, 4) is 5.75 Å². The summed E-state index contributed by atoms with van der Waals surface area (Å²) in [5.74, 6) is 2.13. The van der Waals surface area contributed by atoms with Crippen LogP contribution in [-0.2, 0) is 4.79 Å². The Morgan fingerprint density at radius 3 is 2.88 bits per heavy atom. The van der Waals surface area contributed by atoms with Crippen LogP contribution in [0, 0.1) is 6.92 Å². The molecule has 25 heavy (non-hydrogen) atoms. The molecular weight excluding hydrogens is 330 g/mol. The third-order valence-corrected chi connectivity index (χ3v) is 5.57. The minimum Gasteiger partial charge on any atom is -0.483 e. The number of nitrogens with one attached hydrogen (secondary N) is 1. The molecule has 1 amide bonds. The highest BCUT2D eigenvalue weighted by molar-refractivity contribution is 7.99. The number of amides is 1. The highest BCUT2D eigenvalue weighted by Gasteiger charge is 2.22. The van der Waals surface area contributed by atoms with Gasteiger partial charge in [-0.05, 0) is 48.1 Å². The van der Waals surface area contributed by atoms with Gasteiger partial charge in [0, 0.05) is 10.6 Å². The molecule has 0 saturated heterocycles. The van der Waals surface area contributed by atoms with Crippen LogP contribution in [0.5, 0.6) is 5.75 Å². The Morgan fingerprint density at radius 1 is 1.28 bits per heavy atom. The molecule has 4 heteroatoms. The van der Waals surface area contributed by atoms with Crippen molar-refractivity contribution in [2.45, 2.75) is 44.0 Å². The average Bonchev–Trinajstić information content (AvgIpc) is 2.60. The van der Waals surface area contributed by atoms with Gasteiger partial charge in [0.15, 0.2) is 6.61 Å². The summed E-state index contributed by atoms with van der Waals surface area (Å²) in [5, 5.41) is 3.13. The minimum absolute atomic E-state index is 0.0506. The molecule has 3 nitrogen and oxygen atoms in total. The van der Waals surface area contributed by atoms with Crippen LogP contribution in [0.1, 0.15) is 48.9 Å². The summed E-state index contributed by atoms with van der Waals surface area (Å²) >= 11 is 1.85. The number of hydrogen-bond acceptors (Lipinski definition) is 3. The van der Waals surface area contributed by atoms with Gasteiger partial charge in [-0.25, -0.2) is 0 Å². The Balaban J connectivity index is 1.64. The lowest BCUT2D eigenvalue weighted by Crippen LogP contribution is -2.34. The summed E-state index contributed by atoms with van der Waals surface area (Å²) in [6.45, 7) is 6.35. The number of carbonyl (C=O) groups excluding carboxylic acids is 1. The fourth-order valence-corrected chi connectivity index (χ4v) is 4.24. The minimum atomic E-state index is -0.0667. The maximum absolute atomic E-state index is 12.4. The van der Waals surface area contributed by atoms with E-state index in [1.807, 2.05) is 36.9 Å². The van der Waals surface area contributed by atoms with Gasteiger partial charge in [0.1, 0.15) is 5.75 Å². The number of carbonyl (C=O) groups is 1. The maximum Gasteiger partial charge on any atom is 0.258 e. The smallest absolute Gasteiger partial charge is 0.258 e. The molecular formula is C21H25NO2S. The number of benzene rings is 2.